The molecule has 0 saturated carbocycles. The van der Waals surface area contributed by atoms with Crippen molar-refractivity contribution in [2.45, 2.75) is 53.0 Å². The van der Waals surface area contributed by atoms with Crippen LogP contribution in [0.15, 0.2) is 18.2 Å². The lowest BCUT2D eigenvalue weighted by molar-refractivity contribution is -0.385. The molecule has 0 aliphatic rings. The Hall–Kier alpha value is -2.44. The molecule has 1 atom stereocenters. The predicted molar refractivity (Wildman–Crippen MR) is 94.4 cm³/mol. The first-order valence-electron chi connectivity index (χ1n) is 8.42. The third kappa shape index (κ3) is 6.91. The second kappa shape index (κ2) is 9.76. The molecular weight excluding hydrogens is 324 g/mol. The highest BCUT2D eigenvalue weighted by Gasteiger charge is 2.24. The number of carbonyl (C=O) groups is 2. The van der Waals surface area contributed by atoms with Gasteiger partial charge in [-0.1, -0.05) is 38.8 Å². The first-order chi connectivity index (χ1) is 11.7. The second-order valence-corrected chi connectivity index (χ2v) is 6.60. The van der Waals surface area contributed by atoms with E-state index in [0.29, 0.717) is 11.5 Å². The summed E-state index contributed by atoms with van der Waals surface area (Å²) in [4.78, 5) is 34.4. The molecule has 0 aliphatic heterocycles. The van der Waals surface area contributed by atoms with Crippen LogP contribution >= 0.6 is 0 Å². The van der Waals surface area contributed by atoms with Crippen molar-refractivity contribution in [2.75, 3.05) is 6.61 Å². The molecule has 138 valence electrons. The summed E-state index contributed by atoms with van der Waals surface area (Å²) in [6.07, 6.45) is 2.95. The summed E-state index contributed by atoms with van der Waals surface area (Å²) >= 11 is 0. The maximum Gasteiger partial charge on any atom is 0.345 e. The number of rotatable bonds is 9. The first-order valence-corrected chi connectivity index (χ1v) is 8.42. The third-order valence-electron chi connectivity index (χ3n) is 3.80. The molecule has 1 aromatic carbocycles. The molecule has 0 bridgehead atoms. The van der Waals surface area contributed by atoms with Crippen molar-refractivity contribution in [1.29, 1.82) is 0 Å². The second-order valence-electron chi connectivity index (χ2n) is 6.60. The molecule has 1 aromatic rings. The van der Waals surface area contributed by atoms with Crippen LogP contribution in [0.3, 0.4) is 0 Å². The molecular formula is C18H26N2O5. The zero-order valence-corrected chi connectivity index (χ0v) is 15.2. The molecule has 1 amide bonds. The van der Waals surface area contributed by atoms with Gasteiger partial charge in [0.15, 0.2) is 6.61 Å². The largest absolute Gasteiger partial charge is 0.452 e. The number of esters is 1. The van der Waals surface area contributed by atoms with E-state index < -0.39 is 23.4 Å². The third-order valence-corrected chi connectivity index (χ3v) is 3.80. The van der Waals surface area contributed by atoms with E-state index in [4.69, 9.17) is 4.74 Å². The molecule has 0 heterocycles. The maximum absolute atomic E-state index is 12.1. The number of nitrogens with zero attached hydrogens (tertiary/aromatic N) is 1. The molecule has 0 unspecified atom stereocenters. The van der Waals surface area contributed by atoms with Crippen molar-refractivity contribution in [2.24, 2.45) is 5.92 Å². The first kappa shape index (κ1) is 20.6. The van der Waals surface area contributed by atoms with Crippen LogP contribution < -0.4 is 5.32 Å². The van der Waals surface area contributed by atoms with Crippen molar-refractivity contribution in [3.63, 3.8) is 0 Å². The van der Waals surface area contributed by atoms with E-state index >= 15 is 0 Å². The minimum Gasteiger partial charge on any atom is -0.452 e. The van der Waals surface area contributed by atoms with Crippen molar-refractivity contribution >= 4 is 17.6 Å². The van der Waals surface area contributed by atoms with E-state index in [2.05, 4.69) is 19.2 Å². The number of nitro groups is 1. The van der Waals surface area contributed by atoms with E-state index in [1.807, 2.05) is 6.92 Å². The zero-order chi connectivity index (χ0) is 19.0. The van der Waals surface area contributed by atoms with Crippen LogP contribution in [0.5, 0.6) is 0 Å². The van der Waals surface area contributed by atoms with E-state index in [1.165, 1.54) is 12.1 Å². The lowest BCUT2D eigenvalue weighted by Gasteiger charge is -2.14. The molecule has 0 aromatic heterocycles. The Kier molecular flexibility index (Phi) is 8.04. The van der Waals surface area contributed by atoms with Gasteiger partial charge in [0.25, 0.3) is 11.6 Å². The van der Waals surface area contributed by atoms with Crippen LogP contribution in [0, 0.1) is 23.0 Å². The summed E-state index contributed by atoms with van der Waals surface area (Å²) in [7, 11) is 0. The van der Waals surface area contributed by atoms with Gasteiger partial charge in [0.2, 0.25) is 0 Å². The average molecular weight is 350 g/mol. The molecule has 0 fully saturated rings. The Labute approximate surface area is 147 Å². The van der Waals surface area contributed by atoms with Crippen molar-refractivity contribution < 1.29 is 19.2 Å². The lowest BCUT2D eigenvalue weighted by Crippen LogP contribution is -2.35. The molecule has 0 aliphatic carbocycles. The average Bonchev–Trinajstić information content (AvgIpc) is 2.51. The van der Waals surface area contributed by atoms with E-state index in [9.17, 15) is 19.7 Å². The number of para-hydroxylation sites is 1. The summed E-state index contributed by atoms with van der Waals surface area (Å²) in [5.41, 5.74) is -0.0829. The number of amides is 1. The van der Waals surface area contributed by atoms with Crippen LogP contribution in [0.1, 0.15) is 56.0 Å². The molecule has 0 saturated heterocycles. The van der Waals surface area contributed by atoms with Crippen LogP contribution in [-0.2, 0) is 9.53 Å². The van der Waals surface area contributed by atoms with E-state index in [-0.39, 0.29) is 17.3 Å². The van der Waals surface area contributed by atoms with Crippen LogP contribution in [0.4, 0.5) is 5.69 Å². The molecule has 25 heavy (non-hydrogen) atoms. The van der Waals surface area contributed by atoms with Gasteiger partial charge < -0.3 is 10.1 Å². The molecule has 7 heteroatoms. The quantitative estimate of drug-likeness (QED) is 0.418. The molecule has 0 radical (unpaired) electrons. The number of aryl methyl sites for hydroxylation is 1. The fourth-order valence-electron chi connectivity index (χ4n) is 2.50. The summed E-state index contributed by atoms with van der Waals surface area (Å²) < 4.78 is 4.92. The highest BCUT2D eigenvalue weighted by molar-refractivity contribution is 5.95. The van der Waals surface area contributed by atoms with Crippen molar-refractivity contribution in [1.82, 2.24) is 5.32 Å². The molecule has 1 N–H and O–H groups in total. The molecule has 7 nitrogen and oxygen atoms in total. The Balaban J connectivity index is 2.53. The van der Waals surface area contributed by atoms with E-state index in [0.717, 1.165) is 19.3 Å². The van der Waals surface area contributed by atoms with Gasteiger partial charge in [-0.25, -0.2) is 4.79 Å². The minimum absolute atomic E-state index is 0.0155. The summed E-state index contributed by atoms with van der Waals surface area (Å²) in [5, 5.41) is 13.9. The van der Waals surface area contributed by atoms with Gasteiger partial charge in [-0.3, -0.25) is 14.9 Å². The van der Waals surface area contributed by atoms with Gasteiger partial charge in [-0.2, -0.15) is 0 Å². The Morgan fingerprint density at radius 3 is 2.52 bits per heavy atom. The smallest absolute Gasteiger partial charge is 0.345 e. The fourth-order valence-corrected chi connectivity index (χ4v) is 2.50. The van der Waals surface area contributed by atoms with E-state index in [1.54, 1.807) is 13.0 Å². The molecule has 0 spiro atoms. The normalized spacial score (nSPS) is 11.9. The Morgan fingerprint density at radius 1 is 1.24 bits per heavy atom. The number of ether oxygens (including phenoxy) is 1. The van der Waals surface area contributed by atoms with Gasteiger partial charge in [0.05, 0.1) is 4.92 Å². The van der Waals surface area contributed by atoms with Gasteiger partial charge >= 0.3 is 5.97 Å². The van der Waals surface area contributed by atoms with Crippen LogP contribution in [0.25, 0.3) is 0 Å². The number of nitro benzene ring substituents is 1. The molecule has 1 rings (SSSR count). The SMILES string of the molecule is Cc1cccc(C(=O)OCC(=O)N[C@H](C)CCCC(C)C)c1[N+](=O)[O-]. The highest BCUT2D eigenvalue weighted by atomic mass is 16.6. The summed E-state index contributed by atoms with van der Waals surface area (Å²) in [5.74, 6) is -0.673. The van der Waals surface area contributed by atoms with Gasteiger partial charge in [-0.05, 0) is 32.3 Å². The van der Waals surface area contributed by atoms with Crippen molar-refractivity contribution in [3.8, 4) is 0 Å². The maximum atomic E-state index is 12.1. The Bertz CT molecular complexity index is 628. The monoisotopic (exact) mass is 350 g/mol. The highest BCUT2D eigenvalue weighted by Crippen LogP contribution is 2.23. The number of benzene rings is 1. The van der Waals surface area contributed by atoms with Crippen LogP contribution in [0.2, 0.25) is 0 Å². The van der Waals surface area contributed by atoms with Crippen LogP contribution in [-0.4, -0.2) is 29.4 Å². The number of nitrogens with one attached hydrogen (secondary N) is 1. The lowest BCUT2D eigenvalue weighted by atomic mass is 10.0. The van der Waals surface area contributed by atoms with Crippen molar-refractivity contribution in [3.05, 3.63) is 39.4 Å². The Morgan fingerprint density at radius 2 is 1.92 bits per heavy atom. The number of hydrogen-bond donors (Lipinski definition) is 1. The van der Waals surface area contributed by atoms with Gasteiger partial charge in [0, 0.05) is 11.6 Å². The summed E-state index contributed by atoms with van der Waals surface area (Å²) in [6.45, 7) is 7.27. The standard InChI is InChI=1S/C18H26N2O5/c1-12(2)7-5-9-14(4)19-16(21)11-25-18(22)15-10-6-8-13(3)17(15)20(23)24/h6,8,10,12,14H,5,7,9,11H2,1-4H3,(H,19,21)/t14-/m1/s1. The summed E-state index contributed by atoms with van der Waals surface area (Å²) in [6, 6.07) is 4.38. The minimum atomic E-state index is -0.877. The fraction of sp³-hybridized carbons (Fsp3) is 0.556. The zero-order valence-electron chi connectivity index (χ0n) is 15.2. The predicted octanol–water partition coefficient (Wildman–Crippen LogP) is 3.39. The number of hydrogen-bond acceptors (Lipinski definition) is 5. The van der Waals surface area contributed by atoms with Gasteiger partial charge in [-0.15, -0.1) is 0 Å². The topological polar surface area (TPSA) is 98.5 Å². The number of carbonyl (C=O) groups excluding carboxylic acids is 2. The van der Waals surface area contributed by atoms with Gasteiger partial charge in [0.1, 0.15) is 5.56 Å².